The first-order valence-corrected chi connectivity index (χ1v) is 1.000. The van der Waals surface area contributed by atoms with Gasteiger partial charge >= 0.3 is 0 Å². The molecule has 0 N–H and O–H groups in total. The van der Waals surface area contributed by atoms with E-state index in [0.717, 1.165) is 0 Å². The topological polar surface area (TPSA) is 0 Å². The second-order valence-corrected chi connectivity index (χ2v) is 0. The van der Waals surface area contributed by atoms with Crippen LogP contribution in [0, 0.1) is 0 Å². The van der Waals surface area contributed by atoms with Crippen molar-refractivity contribution >= 4 is 236 Å². The maximum atomic E-state index is 3.00. The number of hydrogen-bond donors (Lipinski definition) is 0. The Labute approximate surface area is 255 Å². The molecule has 8 radical (unpaired) electrons. The molecule has 0 bridgehead atoms. The van der Waals surface area contributed by atoms with Gasteiger partial charge in [-0.1, -0.05) is 0 Å². The molecular weight excluding hydrogens is 232 g/mol. The number of hydrogen-bond acceptors (Lipinski definition) is 0. The van der Waals surface area contributed by atoms with Crippen molar-refractivity contribution < 1.29 is 0 Å². The Morgan fingerprint density at radius 1 is 0.250 bits per heavy atom. The van der Waals surface area contributed by atoms with Gasteiger partial charge in [-0.25, -0.2) is 0 Å². The summed E-state index contributed by atoms with van der Waals surface area (Å²) in [5, 5.41) is 0. The molecule has 0 unspecified atom stereocenters. The third-order valence-corrected chi connectivity index (χ3v) is 0. The fraction of sp³-hybridized carbons (Fsp3) is 0. The minimum atomic E-state index is 0. The molecule has 0 heterocycles. The Bertz CT molecular complexity index is 13.0. The average Bonchev–Trinajstić information content (AvgIpc) is 1.50. The van der Waals surface area contributed by atoms with Crippen LogP contribution in [0.4, 0.5) is 0 Å². The van der Waals surface area contributed by atoms with Gasteiger partial charge in [0.15, 0.2) is 0 Å². The second kappa shape index (κ2) is 101. The number of rotatable bonds is 0. The van der Waals surface area contributed by atoms with Crippen molar-refractivity contribution in [2.45, 2.75) is 0 Å². The van der Waals surface area contributed by atoms with Crippen molar-refractivity contribution in [1.29, 1.82) is 0 Å². The fourth-order valence-electron chi connectivity index (χ4n) is 0. The standard InChI is InChI=1S/2C2H4.8Na/c2*1-2;;;;;;;;/h2*1-2H2;;;;;;;;. The first kappa shape index (κ1) is 74.0. The third kappa shape index (κ3) is 84.9. The van der Waals surface area contributed by atoms with Gasteiger partial charge in [0.2, 0.25) is 0 Å². The van der Waals surface area contributed by atoms with Gasteiger partial charge in [0, 0.05) is 236 Å². The molecule has 0 aromatic rings. The van der Waals surface area contributed by atoms with Gasteiger partial charge in [0.25, 0.3) is 0 Å². The first-order valence-electron chi connectivity index (χ1n) is 1.000. The van der Waals surface area contributed by atoms with Crippen molar-refractivity contribution in [3.8, 4) is 0 Å². The summed E-state index contributed by atoms with van der Waals surface area (Å²) in [6.45, 7) is 12.0. The van der Waals surface area contributed by atoms with Crippen molar-refractivity contribution in [1.82, 2.24) is 0 Å². The molecule has 0 aromatic heterocycles. The molecule has 0 aromatic carbocycles. The second-order valence-electron chi connectivity index (χ2n) is 0. The summed E-state index contributed by atoms with van der Waals surface area (Å²) in [5.74, 6) is 0. The van der Waals surface area contributed by atoms with Gasteiger partial charge in [0.05, 0.1) is 0 Å². The Kier molecular flexibility index (Phi) is 623. The zero-order valence-corrected chi connectivity index (χ0v) is 26.8. The van der Waals surface area contributed by atoms with Crippen LogP contribution >= 0.6 is 0 Å². The molecule has 0 saturated heterocycles. The van der Waals surface area contributed by atoms with Crippen molar-refractivity contribution in [3.63, 3.8) is 0 Å². The van der Waals surface area contributed by atoms with E-state index in [1.165, 1.54) is 0 Å². The summed E-state index contributed by atoms with van der Waals surface area (Å²) in [6.07, 6.45) is 0. The van der Waals surface area contributed by atoms with Crippen LogP contribution in [0.15, 0.2) is 26.3 Å². The molecule has 32 valence electrons. The van der Waals surface area contributed by atoms with Crippen LogP contribution in [0.5, 0.6) is 0 Å². The van der Waals surface area contributed by atoms with E-state index in [2.05, 4.69) is 26.3 Å². The van der Waals surface area contributed by atoms with Crippen LogP contribution in [0.2, 0.25) is 0 Å². The van der Waals surface area contributed by atoms with E-state index in [0.29, 0.717) is 0 Å². The summed E-state index contributed by atoms with van der Waals surface area (Å²) in [7, 11) is 0. The van der Waals surface area contributed by atoms with Gasteiger partial charge in [-0.05, 0) is 0 Å². The predicted molar refractivity (Wildman–Crippen MR) is 68.5 cm³/mol. The molecule has 0 aliphatic rings. The molecule has 0 spiro atoms. The first-order chi connectivity index (χ1) is 2.00. The molecule has 0 amide bonds. The maximum absolute atomic E-state index is 3.00. The van der Waals surface area contributed by atoms with Crippen LogP contribution in [-0.4, -0.2) is 236 Å². The molecule has 0 aliphatic heterocycles. The van der Waals surface area contributed by atoms with Crippen LogP contribution < -0.4 is 0 Å². The fourth-order valence-corrected chi connectivity index (χ4v) is 0. The van der Waals surface area contributed by atoms with E-state index in [1.807, 2.05) is 0 Å². The molecule has 0 aliphatic carbocycles. The Morgan fingerprint density at radius 2 is 0.250 bits per heavy atom. The quantitative estimate of drug-likeness (QED) is 0.359. The zero-order valence-electron chi connectivity index (χ0n) is 10.8. The van der Waals surface area contributed by atoms with Gasteiger partial charge in [-0.2, -0.15) is 0 Å². The molecule has 0 atom stereocenters. The van der Waals surface area contributed by atoms with Crippen molar-refractivity contribution in [2.75, 3.05) is 0 Å². The van der Waals surface area contributed by atoms with Crippen LogP contribution in [-0.2, 0) is 0 Å². The average molecular weight is 240 g/mol. The third-order valence-electron chi connectivity index (χ3n) is 0. The van der Waals surface area contributed by atoms with E-state index in [4.69, 9.17) is 0 Å². The van der Waals surface area contributed by atoms with Crippen molar-refractivity contribution in [2.24, 2.45) is 0 Å². The molecule has 0 nitrogen and oxygen atoms in total. The summed E-state index contributed by atoms with van der Waals surface area (Å²) in [4.78, 5) is 0. The largest absolute Gasteiger partial charge is 0.106 e. The summed E-state index contributed by atoms with van der Waals surface area (Å²) in [6, 6.07) is 0. The van der Waals surface area contributed by atoms with E-state index >= 15 is 0 Å². The van der Waals surface area contributed by atoms with E-state index < -0.39 is 0 Å². The maximum Gasteiger partial charge on any atom is 0 e. The van der Waals surface area contributed by atoms with E-state index in [9.17, 15) is 0 Å². The van der Waals surface area contributed by atoms with E-state index in [1.54, 1.807) is 0 Å². The van der Waals surface area contributed by atoms with Gasteiger partial charge in [0.1, 0.15) is 0 Å². The minimum Gasteiger partial charge on any atom is -0.106 e. The summed E-state index contributed by atoms with van der Waals surface area (Å²) in [5.41, 5.74) is 0. The molecule has 0 saturated carbocycles. The minimum absolute atomic E-state index is 0. The predicted octanol–water partition coefficient (Wildman–Crippen LogP) is -1.44. The van der Waals surface area contributed by atoms with Gasteiger partial charge in [-0.15, -0.1) is 26.3 Å². The van der Waals surface area contributed by atoms with Crippen LogP contribution in [0.1, 0.15) is 0 Å². The Balaban J connectivity index is -0.000000000500. The van der Waals surface area contributed by atoms with Gasteiger partial charge < -0.3 is 0 Å². The van der Waals surface area contributed by atoms with Crippen LogP contribution in [0.3, 0.4) is 0 Å². The summed E-state index contributed by atoms with van der Waals surface area (Å²) < 4.78 is 0. The monoisotopic (exact) mass is 240 g/mol. The SMILES string of the molecule is C=C.C=C.[Na].[Na].[Na].[Na].[Na].[Na].[Na].[Na]. The molecule has 12 heavy (non-hydrogen) atoms. The van der Waals surface area contributed by atoms with Crippen molar-refractivity contribution in [3.05, 3.63) is 26.3 Å². The van der Waals surface area contributed by atoms with E-state index in [-0.39, 0.29) is 236 Å². The smallest absolute Gasteiger partial charge is 0 e. The Hall–Kier alpha value is 7.48. The van der Waals surface area contributed by atoms with Crippen LogP contribution in [0.25, 0.3) is 0 Å². The Morgan fingerprint density at radius 3 is 0.250 bits per heavy atom. The molecule has 0 fully saturated rings. The molecule has 8 heteroatoms. The normalized spacial score (nSPS) is 0.667. The zero-order chi connectivity index (χ0) is 4.00. The molecular formula is C4H8Na8. The van der Waals surface area contributed by atoms with Gasteiger partial charge in [-0.3, -0.25) is 0 Å². The molecule has 0 rings (SSSR count). The summed E-state index contributed by atoms with van der Waals surface area (Å²) >= 11 is 0.